The molecule has 5 heteroatoms. The van der Waals surface area contributed by atoms with Gasteiger partial charge in [0.15, 0.2) is 0 Å². The van der Waals surface area contributed by atoms with Gasteiger partial charge in [-0.2, -0.15) is 0 Å². The van der Waals surface area contributed by atoms with Gasteiger partial charge in [0.05, 0.1) is 18.4 Å². The van der Waals surface area contributed by atoms with Gasteiger partial charge in [-0.1, -0.05) is 12.1 Å². The Balaban J connectivity index is 2.01. The van der Waals surface area contributed by atoms with E-state index in [2.05, 4.69) is 26.2 Å². The first-order valence-corrected chi connectivity index (χ1v) is 7.47. The van der Waals surface area contributed by atoms with Crippen molar-refractivity contribution in [3.63, 3.8) is 0 Å². The molecule has 0 saturated heterocycles. The van der Waals surface area contributed by atoms with E-state index in [1.165, 1.54) is 0 Å². The molecule has 22 heavy (non-hydrogen) atoms. The van der Waals surface area contributed by atoms with Crippen molar-refractivity contribution >= 4 is 38.4 Å². The number of pyridine rings is 1. The fourth-order valence-electron chi connectivity index (χ4n) is 2.26. The third-order valence-electron chi connectivity index (χ3n) is 3.32. The molecule has 0 radical (unpaired) electrons. The molecule has 1 N–H and O–H groups in total. The number of amides is 1. The van der Waals surface area contributed by atoms with Crippen LogP contribution in [0, 0.1) is 0 Å². The molecule has 1 heterocycles. The zero-order valence-corrected chi connectivity index (χ0v) is 13.4. The quantitative estimate of drug-likeness (QED) is 0.762. The van der Waals surface area contributed by atoms with Crippen molar-refractivity contribution < 1.29 is 9.53 Å². The second-order valence-corrected chi connectivity index (χ2v) is 5.50. The molecular formula is C17H13BrN2O2. The zero-order chi connectivity index (χ0) is 15.5. The Bertz CT molecular complexity index is 849. The number of rotatable bonds is 3. The average Bonchev–Trinajstić information content (AvgIpc) is 2.55. The maximum atomic E-state index is 12.4. The minimum Gasteiger partial charge on any atom is -0.494 e. The van der Waals surface area contributed by atoms with E-state index in [4.69, 9.17) is 4.74 Å². The number of nitrogens with one attached hydrogen (secondary N) is 1. The predicted octanol–water partition coefficient (Wildman–Crippen LogP) is 4.26. The van der Waals surface area contributed by atoms with Gasteiger partial charge in [-0.3, -0.25) is 9.78 Å². The van der Waals surface area contributed by atoms with Gasteiger partial charge in [0.25, 0.3) is 5.91 Å². The summed E-state index contributed by atoms with van der Waals surface area (Å²) in [5, 5.41) is 3.76. The Kier molecular flexibility index (Phi) is 4.06. The minimum absolute atomic E-state index is 0.178. The van der Waals surface area contributed by atoms with Crippen LogP contribution < -0.4 is 10.1 Å². The number of carbonyl (C=O) groups excluding carboxylic acids is 1. The van der Waals surface area contributed by atoms with Crippen molar-refractivity contribution in [2.24, 2.45) is 0 Å². The first-order valence-electron chi connectivity index (χ1n) is 6.68. The lowest BCUT2D eigenvalue weighted by molar-refractivity contribution is 0.102. The van der Waals surface area contributed by atoms with Crippen LogP contribution in [0.2, 0.25) is 0 Å². The summed E-state index contributed by atoms with van der Waals surface area (Å²) < 4.78 is 6.06. The molecule has 0 saturated carbocycles. The molecule has 1 aromatic heterocycles. The van der Waals surface area contributed by atoms with Crippen LogP contribution in [0.25, 0.3) is 10.9 Å². The van der Waals surface area contributed by atoms with Gasteiger partial charge in [0.2, 0.25) is 0 Å². The summed E-state index contributed by atoms with van der Waals surface area (Å²) in [4.78, 5) is 16.8. The summed E-state index contributed by atoms with van der Waals surface area (Å²) in [6, 6.07) is 14.6. The molecule has 2 aromatic carbocycles. The van der Waals surface area contributed by atoms with E-state index in [1.807, 2.05) is 36.4 Å². The number of benzene rings is 2. The number of fused-ring (bicyclic) bond motifs is 1. The van der Waals surface area contributed by atoms with E-state index in [-0.39, 0.29) is 5.91 Å². The summed E-state index contributed by atoms with van der Waals surface area (Å²) in [5.74, 6) is 0.497. The Hall–Kier alpha value is -2.40. The molecule has 0 fully saturated rings. The monoisotopic (exact) mass is 356 g/mol. The highest BCUT2D eigenvalue weighted by atomic mass is 79.9. The third-order valence-corrected chi connectivity index (χ3v) is 4.01. The molecule has 0 unspecified atom stereocenters. The lowest BCUT2D eigenvalue weighted by Crippen LogP contribution is -2.12. The molecule has 1 amide bonds. The largest absolute Gasteiger partial charge is 0.494 e. The summed E-state index contributed by atoms with van der Waals surface area (Å²) in [7, 11) is 1.60. The first kappa shape index (κ1) is 14.5. The van der Waals surface area contributed by atoms with E-state index in [1.54, 1.807) is 25.4 Å². The predicted molar refractivity (Wildman–Crippen MR) is 90.4 cm³/mol. The van der Waals surface area contributed by atoms with Gasteiger partial charge in [0.1, 0.15) is 11.3 Å². The Labute approximate surface area is 136 Å². The molecule has 110 valence electrons. The number of halogens is 1. The van der Waals surface area contributed by atoms with Crippen molar-refractivity contribution in [1.82, 2.24) is 4.98 Å². The second-order valence-electron chi connectivity index (χ2n) is 4.65. The highest BCUT2D eigenvalue weighted by molar-refractivity contribution is 9.10. The molecule has 0 atom stereocenters. The zero-order valence-electron chi connectivity index (χ0n) is 11.8. The molecule has 4 nitrogen and oxygen atoms in total. The minimum atomic E-state index is -0.178. The number of ether oxygens (including phenoxy) is 1. The Morgan fingerprint density at radius 1 is 1.14 bits per heavy atom. The lowest BCUT2D eigenvalue weighted by Gasteiger charge is -2.11. The number of carbonyl (C=O) groups is 1. The summed E-state index contributed by atoms with van der Waals surface area (Å²) >= 11 is 3.39. The van der Waals surface area contributed by atoms with E-state index in [0.29, 0.717) is 17.0 Å². The number of anilines is 1. The summed E-state index contributed by atoms with van der Waals surface area (Å²) in [6.07, 6.45) is 1.70. The van der Waals surface area contributed by atoms with Crippen LogP contribution in [0.15, 0.2) is 59.2 Å². The first-order chi connectivity index (χ1) is 10.7. The van der Waals surface area contributed by atoms with E-state index in [9.17, 15) is 4.79 Å². The molecule has 0 bridgehead atoms. The Morgan fingerprint density at radius 3 is 2.73 bits per heavy atom. The molecule has 3 rings (SSSR count). The number of hydrogen-bond acceptors (Lipinski definition) is 3. The summed E-state index contributed by atoms with van der Waals surface area (Å²) in [5.41, 5.74) is 2.00. The van der Waals surface area contributed by atoms with Gasteiger partial charge in [-0.15, -0.1) is 0 Å². The molecular weight excluding hydrogens is 344 g/mol. The van der Waals surface area contributed by atoms with Gasteiger partial charge in [-0.05, 0) is 52.3 Å². The summed E-state index contributed by atoms with van der Waals surface area (Å²) in [6.45, 7) is 0. The van der Waals surface area contributed by atoms with E-state index < -0.39 is 0 Å². The van der Waals surface area contributed by atoms with Crippen LogP contribution >= 0.6 is 15.9 Å². The van der Waals surface area contributed by atoms with Crippen molar-refractivity contribution in [2.45, 2.75) is 0 Å². The molecule has 0 aliphatic rings. The fourth-order valence-corrected chi connectivity index (χ4v) is 2.72. The third kappa shape index (κ3) is 2.67. The van der Waals surface area contributed by atoms with Crippen LogP contribution in [0.5, 0.6) is 5.75 Å². The van der Waals surface area contributed by atoms with Crippen molar-refractivity contribution in [3.05, 3.63) is 64.8 Å². The molecule has 0 aliphatic carbocycles. The highest BCUT2D eigenvalue weighted by Crippen LogP contribution is 2.30. The SMILES string of the molecule is COc1ccc(NC(=O)c2ccccc2Br)c2cccnc12. The topological polar surface area (TPSA) is 51.2 Å². The highest BCUT2D eigenvalue weighted by Gasteiger charge is 2.13. The number of nitrogens with zero attached hydrogens (tertiary/aromatic N) is 1. The van der Waals surface area contributed by atoms with Gasteiger partial charge in [0, 0.05) is 16.1 Å². The van der Waals surface area contributed by atoms with Crippen LogP contribution in [0.3, 0.4) is 0 Å². The smallest absolute Gasteiger partial charge is 0.256 e. The van der Waals surface area contributed by atoms with Crippen LogP contribution in [0.4, 0.5) is 5.69 Å². The average molecular weight is 357 g/mol. The van der Waals surface area contributed by atoms with Crippen LogP contribution in [-0.4, -0.2) is 18.0 Å². The second kappa shape index (κ2) is 6.15. The van der Waals surface area contributed by atoms with Crippen molar-refractivity contribution in [2.75, 3.05) is 12.4 Å². The van der Waals surface area contributed by atoms with Crippen molar-refractivity contribution in [3.8, 4) is 5.75 Å². The van der Waals surface area contributed by atoms with E-state index >= 15 is 0 Å². The van der Waals surface area contributed by atoms with Gasteiger partial charge in [-0.25, -0.2) is 0 Å². The number of aromatic nitrogens is 1. The van der Waals surface area contributed by atoms with Crippen LogP contribution in [-0.2, 0) is 0 Å². The van der Waals surface area contributed by atoms with Crippen LogP contribution in [0.1, 0.15) is 10.4 Å². The van der Waals surface area contributed by atoms with Crippen molar-refractivity contribution in [1.29, 1.82) is 0 Å². The van der Waals surface area contributed by atoms with Gasteiger partial charge < -0.3 is 10.1 Å². The number of methoxy groups -OCH3 is 1. The normalized spacial score (nSPS) is 10.5. The molecule has 0 spiro atoms. The number of hydrogen-bond donors (Lipinski definition) is 1. The molecule has 3 aromatic rings. The fraction of sp³-hybridized carbons (Fsp3) is 0.0588. The van der Waals surface area contributed by atoms with Gasteiger partial charge >= 0.3 is 0 Å². The standard InChI is InChI=1S/C17H13BrN2O2/c1-22-15-9-8-14(12-6-4-10-19-16(12)15)20-17(21)11-5-2-3-7-13(11)18/h2-10H,1H3,(H,20,21). The Morgan fingerprint density at radius 2 is 1.95 bits per heavy atom. The maximum Gasteiger partial charge on any atom is 0.256 e. The maximum absolute atomic E-state index is 12.4. The van der Waals surface area contributed by atoms with E-state index in [0.717, 1.165) is 15.4 Å². The lowest BCUT2D eigenvalue weighted by atomic mass is 10.1. The molecule has 0 aliphatic heterocycles.